The molecule has 0 unspecified atom stereocenters. The maximum Gasteiger partial charge on any atom is 0.408 e. The number of aliphatic hydroxyl groups excluding tert-OH is 1. The van der Waals surface area contributed by atoms with Crippen LogP contribution in [0.2, 0.25) is 0 Å². The lowest BCUT2D eigenvalue weighted by molar-refractivity contribution is -0.129. The summed E-state index contributed by atoms with van der Waals surface area (Å²) in [7, 11) is 1.49. The summed E-state index contributed by atoms with van der Waals surface area (Å²) in [5.41, 5.74) is 6.84. The SMILES string of the molecule is COc1ccccc1C[C@H](NC(=O)[C@H](CO)NC(=O)OCc1ccccc1)C(N)=O. The number of primary amides is 1. The molecule has 9 nitrogen and oxygen atoms in total. The topological polar surface area (TPSA) is 140 Å². The van der Waals surface area contributed by atoms with Gasteiger partial charge in [0.05, 0.1) is 13.7 Å². The van der Waals surface area contributed by atoms with Gasteiger partial charge in [-0.25, -0.2) is 4.79 Å². The van der Waals surface area contributed by atoms with Gasteiger partial charge in [-0.3, -0.25) is 9.59 Å². The maximum absolute atomic E-state index is 12.5. The summed E-state index contributed by atoms with van der Waals surface area (Å²) >= 11 is 0. The molecular formula is C21H25N3O6. The molecule has 0 heterocycles. The van der Waals surface area contributed by atoms with Crippen LogP contribution in [0, 0.1) is 0 Å². The number of para-hydroxylation sites is 1. The molecule has 0 saturated heterocycles. The summed E-state index contributed by atoms with van der Waals surface area (Å²) in [5, 5.41) is 14.2. The highest BCUT2D eigenvalue weighted by Gasteiger charge is 2.26. The molecule has 0 fully saturated rings. The van der Waals surface area contributed by atoms with Gasteiger partial charge in [0.15, 0.2) is 0 Å². The van der Waals surface area contributed by atoms with E-state index in [1.54, 1.807) is 48.5 Å². The Morgan fingerprint density at radius 3 is 2.30 bits per heavy atom. The Bertz CT molecular complexity index is 859. The Hall–Kier alpha value is -3.59. The lowest BCUT2D eigenvalue weighted by atomic mass is 10.0. The van der Waals surface area contributed by atoms with Gasteiger partial charge in [0.2, 0.25) is 11.8 Å². The number of carbonyl (C=O) groups excluding carboxylic acids is 3. The van der Waals surface area contributed by atoms with Crippen molar-refractivity contribution < 1.29 is 29.0 Å². The van der Waals surface area contributed by atoms with Crippen molar-refractivity contribution in [3.05, 3.63) is 65.7 Å². The molecule has 160 valence electrons. The standard InChI is InChI=1S/C21H25N3O6/c1-29-18-10-6-5-9-15(18)11-16(19(22)26)23-20(27)17(12-25)24-21(28)30-13-14-7-3-2-4-8-14/h2-10,16-17,25H,11-13H2,1H3,(H2,22,26)(H,23,27)(H,24,28)/t16-,17-/m0/s1. The molecule has 9 heteroatoms. The highest BCUT2D eigenvalue weighted by atomic mass is 16.5. The average molecular weight is 415 g/mol. The second-order valence-corrected chi connectivity index (χ2v) is 6.42. The summed E-state index contributed by atoms with van der Waals surface area (Å²) in [6.45, 7) is -0.684. The van der Waals surface area contributed by atoms with Gasteiger partial charge >= 0.3 is 6.09 Å². The number of methoxy groups -OCH3 is 1. The van der Waals surface area contributed by atoms with Crippen LogP contribution in [0.5, 0.6) is 5.75 Å². The fraction of sp³-hybridized carbons (Fsp3) is 0.286. The van der Waals surface area contributed by atoms with Gasteiger partial charge in [0, 0.05) is 6.42 Å². The molecule has 5 N–H and O–H groups in total. The van der Waals surface area contributed by atoms with Crippen LogP contribution in [-0.2, 0) is 27.4 Å². The van der Waals surface area contributed by atoms with Gasteiger partial charge in [-0.1, -0.05) is 48.5 Å². The Balaban J connectivity index is 1.95. The van der Waals surface area contributed by atoms with Crippen molar-refractivity contribution in [2.45, 2.75) is 25.1 Å². The zero-order valence-electron chi connectivity index (χ0n) is 16.5. The number of alkyl carbamates (subject to hydrolysis) is 1. The van der Waals surface area contributed by atoms with Crippen LogP contribution < -0.4 is 21.1 Å². The van der Waals surface area contributed by atoms with Crippen molar-refractivity contribution in [3.8, 4) is 5.75 Å². The Morgan fingerprint density at radius 1 is 1.00 bits per heavy atom. The van der Waals surface area contributed by atoms with Gasteiger partial charge < -0.3 is 30.9 Å². The van der Waals surface area contributed by atoms with Crippen molar-refractivity contribution in [2.75, 3.05) is 13.7 Å². The van der Waals surface area contributed by atoms with Crippen LogP contribution in [0.4, 0.5) is 4.79 Å². The van der Waals surface area contributed by atoms with Crippen LogP contribution in [0.25, 0.3) is 0 Å². The minimum Gasteiger partial charge on any atom is -0.496 e. The van der Waals surface area contributed by atoms with Crippen molar-refractivity contribution in [1.29, 1.82) is 0 Å². The molecule has 0 saturated carbocycles. The first-order valence-corrected chi connectivity index (χ1v) is 9.24. The van der Waals surface area contributed by atoms with Crippen LogP contribution in [0.15, 0.2) is 54.6 Å². The fourth-order valence-electron chi connectivity index (χ4n) is 2.69. The highest BCUT2D eigenvalue weighted by molar-refractivity contribution is 5.91. The van der Waals surface area contributed by atoms with Gasteiger partial charge in [0.25, 0.3) is 0 Å². The minimum absolute atomic E-state index is 0.00412. The number of nitrogens with two attached hydrogens (primary N) is 1. The molecule has 2 aromatic carbocycles. The zero-order valence-corrected chi connectivity index (χ0v) is 16.5. The Morgan fingerprint density at radius 2 is 1.67 bits per heavy atom. The first-order valence-electron chi connectivity index (χ1n) is 9.24. The maximum atomic E-state index is 12.5. The second-order valence-electron chi connectivity index (χ2n) is 6.42. The molecule has 2 atom stereocenters. The highest BCUT2D eigenvalue weighted by Crippen LogP contribution is 2.19. The molecule has 3 amide bonds. The first kappa shape index (κ1) is 22.7. The first-order chi connectivity index (χ1) is 14.4. The smallest absolute Gasteiger partial charge is 0.408 e. The number of amides is 3. The average Bonchev–Trinajstić information content (AvgIpc) is 2.76. The Kier molecular flexibility index (Phi) is 8.64. The molecule has 2 rings (SSSR count). The van der Waals surface area contributed by atoms with E-state index in [0.717, 1.165) is 5.56 Å². The van der Waals surface area contributed by atoms with Crippen LogP contribution in [0.1, 0.15) is 11.1 Å². The van der Waals surface area contributed by atoms with Crippen LogP contribution in [0.3, 0.4) is 0 Å². The third kappa shape index (κ3) is 6.78. The zero-order chi connectivity index (χ0) is 21.9. The lowest BCUT2D eigenvalue weighted by Crippen LogP contribution is -2.54. The van der Waals surface area contributed by atoms with E-state index in [-0.39, 0.29) is 13.0 Å². The van der Waals surface area contributed by atoms with E-state index in [0.29, 0.717) is 11.3 Å². The molecular weight excluding hydrogens is 390 g/mol. The van der Waals surface area contributed by atoms with E-state index in [1.807, 2.05) is 6.07 Å². The number of hydrogen-bond donors (Lipinski definition) is 4. The van der Waals surface area contributed by atoms with E-state index < -0.39 is 36.6 Å². The normalized spacial score (nSPS) is 12.3. The summed E-state index contributed by atoms with van der Waals surface area (Å²) in [6, 6.07) is 13.6. The number of benzene rings is 2. The molecule has 0 radical (unpaired) electrons. The molecule has 30 heavy (non-hydrogen) atoms. The molecule has 0 aliphatic heterocycles. The lowest BCUT2D eigenvalue weighted by Gasteiger charge is -2.21. The van der Waals surface area contributed by atoms with Crippen molar-refractivity contribution in [2.24, 2.45) is 5.73 Å². The minimum atomic E-state index is -1.31. The summed E-state index contributed by atoms with van der Waals surface area (Å²) in [6.07, 6.45) is -0.796. The van der Waals surface area contributed by atoms with Gasteiger partial charge in [-0.15, -0.1) is 0 Å². The van der Waals surface area contributed by atoms with Crippen LogP contribution >= 0.6 is 0 Å². The predicted molar refractivity (Wildman–Crippen MR) is 108 cm³/mol. The number of nitrogens with one attached hydrogen (secondary N) is 2. The largest absolute Gasteiger partial charge is 0.496 e. The van der Waals surface area contributed by atoms with Gasteiger partial charge in [-0.2, -0.15) is 0 Å². The number of aliphatic hydroxyl groups is 1. The predicted octanol–water partition coefficient (Wildman–Crippen LogP) is 0.495. The molecule has 0 aliphatic rings. The summed E-state index contributed by atoms with van der Waals surface area (Å²) in [4.78, 5) is 36.2. The van der Waals surface area contributed by atoms with Crippen molar-refractivity contribution in [1.82, 2.24) is 10.6 Å². The molecule has 0 bridgehead atoms. The van der Waals surface area contributed by atoms with Crippen LogP contribution in [-0.4, -0.2) is 48.8 Å². The second kappa shape index (κ2) is 11.4. The molecule has 0 aromatic heterocycles. The summed E-state index contributed by atoms with van der Waals surface area (Å²) < 4.78 is 10.3. The monoisotopic (exact) mass is 415 g/mol. The van der Waals surface area contributed by atoms with Gasteiger partial charge in [0.1, 0.15) is 24.4 Å². The molecule has 0 spiro atoms. The molecule has 2 aromatic rings. The quantitative estimate of drug-likeness (QED) is 0.445. The van der Waals surface area contributed by atoms with E-state index in [2.05, 4.69) is 10.6 Å². The number of rotatable bonds is 10. The van der Waals surface area contributed by atoms with E-state index in [4.69, 9.17) is 15.2 Å². The third-order valence-electron chi connectivity index (χ3n) is 4.28. The third-order valence-corrected chi connectivity index (χ3v) is 4.28. The van der Waals surface area contributed by atoms with Gasteiger partial charge in [-0.05, 0) is 17.2 Å². The molecule has 0 aliphatic carbocycles. The van der Waals surface area contributed by atoms with E-state index >= 15 is 0 Å². The summed E-state index contributed by atoms with van der Waals surface area (Å²) in [5.74, 6) is -0.996. The Labute approximate surface area is 174 Å². The number of hydrogen-bond acceptors (Lipinski definition) is 6. The van der Waals surface area contributed by atoms with E-state index in [1.165, 1.54) is 7.11 Å². The van der Waals surface area contributed by atoms with E-state index in [9.17, 15) is 19.5 Å². The van der Waals surface area contributed by atoms with Crippen molar-refractivity contribution >= 4 is 17.9 Å². The van der Waals surface area contributed by atoms with Crippen molar-refractivity contribution in [3.63, 3.8) is 0 Å². The fourth-order valence-corrected chi connectivity index (χ4v) is 2.69. The number of carbonyl (C=O) groups is 3. The number of ether oxygens (including phenoxy) is 2.